The third-order valence-electron chi connectivity index (χ3n) is 3.58. The van der Waals surface area contributed by atoms with Crippen LogP contribution in [-0.4, -0.2) is 24.0 Å². The molecular formula is C15H21FN2. The maximum Gasteiger partial charge on any atom is 0.128 e. The molecule has 3 heteroatoms. The molecule has 0 bridgehead atoms. The molecule has 0 spiro atoms. The molecular weight excluding hydrogens is 227 g/mol. The van der Waals surface area contributed by atoms with Crippen molar-refractivity contribution in [3.05, 3.63) is 47.3 Å². The normalized spacial score (nSPS) is 20.3. The molecule has 0 saturated carbocycles. The molecule has 0 aromatic heterocycles. The van der Waals surface area contributed by atoms with Crippen LogP contribution in [-0.2, 0) is 0 Å². The maximum atomic E-state index is 13.9. The van der Waals surface area contributed by atoms with Crippen LogP contribution in [0, 0.1) is 5.82 Å². The van der Waals surface area contributed by atoms with E-state index in [0.717, 1.165) is 19.5 Å². The summed E-state index contributed by atoms with van der Waals surface area (Å²) >= 11 is 0. The summed E-state index contributed by atoms with van der Waals surface area (Å²) in [5.74, 6) is -0.161. The molecule has 18 heavy (non-hydrogen) atoms. The van der Waals surface area contributed by atoms with E-state index in [4.69, 9.17) is 5.73 Å². The van der Waals surface area contributed by atoms with Gasteiger partial charge in [-0.05, 0) is 26.3 Å². The van der Waals surface area contributed by atoms with Gasteiger partial charge in [-0.15, -0.1) is 0 Å². The molecule has 1 aliphatic heterocycles. The van der Waals surface area contributed by atoms with Crippen LogP contribution in [0.3, 0.4) is 0 Å². The fraction of sp³-hybridized carbons (Fsp3) is 0.467. The molecule has 2 unspecified atom stereocenters. The molecule has 2 atom stereocenters. The first-order chi connectivity index (χ1) is 8.59. The molecule has 0 fully saturated rings. The molecule has 1 aromatic rings. The van der Waals surface area contributed by atoms with Gasteiger partial charge in [0.1, 0.15) is 5.82 Å². The Hall–Kier alpha value is -1.19. The average molecular weight is 248 g/mol. The molecule has 2 N–H and O–H groups in total. The van der Waals surface area contributed by atoms with Gasteiger partial charge >= 0.3 is 0 Å². The molecule has 1 aliphatic rings. The topological polar surface area (TPSA) is 29.3 Å². The molecule has 0 saturated heterocycles. The van der Waals surface area contributed by atoms with Crippen LogP contribution < -0.4 is 5.73 Å². The summed E-state index contributed by atoms with van der Waals surface area (Å²) in [7, 11) is 0. The number of hydrogen-bond acceptors (Lipinski definition) is 2. The first-order valence-corrected chi connectivity index (χ1v) is 6.49. The second kappa shape index (κ2) is 5.63. The summed E-state index contributed by atoms with van der Waals surface area (Å²) in [5.41, 5.74) is 8.19. The van der Waals surface area contributed by atoms with Gasteiger partial charge in [0.2, 0.25) is 0 Å². The van der Waals surface area contributed by atoms with Crippen molar-refractivity contribution in [1.82, 2.24) is 4.90 Å². The number of nitrogens with two attached hydrogens (primary N) is 1. The first kappa shape index (κ1) is 13.2. The van der Waals surface area contributed by atoms with Crippen molar-refractivity contribution in [2.75, 3.05) is 13.1 Å². The van der Waals surface area contributed by atoms with E-state index < -0.39 is 0 Å². The Bertz CT molecular complexity index is 440. The Labute approximate surface area is 108 Å². The van der Waals surface area contributed by atoms with Crippen LogP contribution in [0.15, 0.2) is 35.9 Å². The number of rotatable bonds is 3. The molecule has 1 aromatic carbocycles. The zero-order chi connectivity index (χ0) is 13.1. The van der Waals surface area contributed by atoms with E-state index in [0.29, 0.717) is 5.56 Å². The highest BCUT2D eigenvalue weighted by Gasteiger charge is 2.26. The lowest BCUT2D eigenvalue weighted by Gasteiger charge is -2.36. The summed E-state index contributed by atoms with van der Waals surface area (Å²) in [5, 5.41) is 0. The Morgan fingerprint density at radius 3 is 2.61 bits per heavy atom. The summed E-state index contributed by atoms with van der Waals surface area (Å²) < 4.78 is 13.9. The average Bonchev–Trinajstić information content (AvgIpc) is 2.34. The second-order valence-electron chi connectivity index (χ2n) is 5.12. The van der Waals surface area contributed by atoms with Crippen LogP contribution in [0.1, 0.15) is 31.9 Å². The first-order valence-electron chi connectivity index (χ1n) is 6.49. The minimum Gasteiger partial charge on any atom is -0.326 e. The largest absolute Gasteiger partial charge is 0.326 e. The van der Waals surface area contributed by atoms with Gasteiger partial charge in [0, 0.05) is 24.7 Å². The van der Waals surface area contributed by atoms with Crippen molar-refractivity contribution in [2.24, 2.45) is 5.73 Å². The van der Waals surface area contributed by atoms with E-state index in [-0.39, 0.29) is 17.9 Å². The lowest BCUT2D eigenvalue weighted by atomic mass is 9.96. The van der Waals surface area contributed by atoms with E-state index in [1.165, 1.54) is 11.6 Å². The van der Waals surface area contributed by atoms with Crippen LogP contribution in [0.2, 0.25) is 0 Å². The molecule has 2 rings (SSSR count). The predicted molar refractivity (Wildman–Crippen MR) is 72.7 cm³/mol. The van der Waals surface area contributed by atoms with Gasteiger partial charge in [-0.25, -0.2) is 4.39 Å². The maximum absolute atomic E-state index is 13.9. The van der Waals surface area contributed by atoms with E-state index >= 15 is 0 Å². The van der Waals surface area contributed by atoms with E-state index in [2.05, 4.69) is 17.9 Å². The van der Waals surface area contributed by atoms with E-state index in [1.807, 2.05) is 19.1 Å². The smallest absolute Gasteiger partial charge is 0.128 e. The molecule has 0 amide bonds. The van der Waals surface area contributed by atoms with E-state index in [1.54, 1.807) is 6.07 Å². The number of nitrogens with zero attached hydrogens (tertiary/aromatic N) is 1. The highest BCUT2D eigenvalue weighted by atomic mass is 19.1. The second-order valence-corrected chi connectivity index (χ2v) is 5.12. The third-order valence-corrected chi connectivity index (χ3v) is 3.58. The van der Waals surface area contributed by atoms with Gasteiger partial charge in [-0.3, -0.25) is 4.90 Å². The monoisotopic (exact) mass is 248 g/mol. The quantitative estimate of drug-likeness (QED) is 0.833. The van der Waals surface area contributed by atoms with Crippen LogP contribution in [0.4, 0.5) is 4.39 Å². The van der Waals surface area contributed by atoms with Crippen molar-refractivity contribution < 1.29 is 4.39 Å². The van der Waals surface area contributed by atoms with E-state index in [9.17, 15) is 4.39 Å². The highest BCUT2D eigenvalue weighted by Crippen LogP contribution is 2.28. The molecule has 0 radical (unpaired) electrons. The van der Waals surface area contributed by atoms with Crippen LogP contribution in [0.5, 0.6) is 0 Å². The molecule has 1 heterocycles. The van der Waals surface area contributed by atoms with Crippen molar-refractivity contribution in [3.8, 4) is 0 Å². The summed E-state index contributed by atoms with van der Waals surface area (Å²) in [4.78, 5) is 2.26. The minimum atomic E-state index is -0.161. The standard InChI is InChI=1S/C15H21FN2/c1-11-7-9-18(10-8-11)15(12(2)17)13-5-3-4-6-14(13)16/h3-7,12,15H,8-10,17H2,1-2H3. The van der Waals surface area contributed by atoms with Crippen LogP contribution >= 0.6 is 0 Å². The molecule has 98 valence electrons. The minimum absolute atomic E-state index is 0.0458. The Kier molecular flexibility index (Phi) is 4.15. The Balaban J connectivity index is 2.27. The predicted octanol–water partition coefficient (Wildman–Crippen LogP) is 2.87. The van der Waals surface area contributed by atoms with Crippen molar-refractivity contribution in [1.29, 1.82) is 0 Å². The van der Waals surface area contributed by atoms with Crippen molar-refractivity contribution in [2.45, 2.75) is 32.4 Å². The van der Waals surface area contributed by atoms with Gasteiger partial charge in [-0.2, -0.15) is 0 Å². The molecule has 0 aliphatic carbocycles. The summed E-state index contributed by atoms with van der Waals surface area (Å²) in [6.45, 7) is 5.89. The summed E-state index contributed by atoms with van der Waals surface area (Å²) in [6.07, 6.45) is 3.25. The van der Waals surface area contributed by atoms with Gasteiger partial charge in [0.15, 0.2) is 0 Å². The Morgan fingerprint density at radius 1 is 1.33 bits per heavy atom. The van der Waals surface area contributed by atoms with Gasteiger partial charge in [0.25, 0.3) is 0 Å². The van der Waals surface area contributed by atoms with Gasteiger partial charge in [0.05, 0.1) is 6.04 Å². The fourth-order valence-electron chi connectivity index (χ4n) is 2.57. The SMILES string of the molecule is CC1=CCN(C(c2ccccc2F)C(C)N)CC1. The van der Waals surface area contributed by atoms with Crippen molar-refractivity contribution >= 4 is 0 Å². The summed E-state index contributed by atoms with van der Waals surface area (Å²) in [6, 6.07) is 6.81. The number of benzene rings is 1. The highest BCUT2D eigenvalue weighted by molar-refractivity contribution is 5.23. The number of hydrogen-bond donors (Lipinski definition) is 1. The fourth-order valence-corrected chi connectivity index (χ4v) is 2.57. The lowest BCUT2D eigenvalue weighted by molar-refractivity contribution is 0.186. The van der Waals surface area contributed by atoms with Gasteiger partial charge < -0.3 is 5.73 Å². The zero-order valence-electron chi connectivity index (χ0n) is 11.1. The molecule has 2 nitrogen and oxygen atoms in total. The zero-order valence-corrected chi connectivity index (χ0v) is 11.1. The Morgan fingerprint density at radius 2 is 2.06 bits per heavy atom. The third kappa shape index (κ3) is 2.79. The van der Waals surface area contributed by atoms with Crippen LogP contribution in [0.25, 0.3) is 0 Å². The lowest BCUT2D eigenvalue weighted by Crippen LogP contribution is -2.42. The number of halogens is 1. The van der Waals surface area contributed by atoms with Gasteiger partial charge in [-0.1, -0.05) is 29.8 Å². The van der Waals surface area contributed by atoms with Crippen molar-refractivity contribution in [3.63, 3.8) is 0 Å².